The van der Waals surface area contributed by atoms with Crippen molar-refractivity contribution in [1.82, 2.24) is 10.3 Å². The zero-order chi connectivity index (χ0) is 16.2. The summed E-state index contributed by atoms with van der Waals surface area (Å²) >= 11 is 1.61. The molecule has 5 nitrogen and oxygen atoms in total. The van der Waals surface area contributed by atoms with Gasteiger partial charge in [-0.1, -0.05) is 12.1 Å². The highest BCUT2D eigenvalue weighted by molar-refractivity contribution is 7.09. The van der Waals surface area contributed by atoms with Gasteiger partial charge in [-0.3, -0.25) is 0 Å². The van der Waals surface area contributed by atoms with Crippen LogP contribution in [0.25, 0.3) is 11.5 Å². The molecule has 0 unspecified atom stereocenters. The van der Waals surface area contributed by atoms with Gasteiger partial charge in [0.15, 0.2) is 0 Å². The summed E-state index contributed by atoms with van der Waals surface area (Å²) in [4.78, 5) is 17.4. The van der Waals surface area contributed by atoms with Gasteiger partial charge in [0, 0.05) is 16.1 Å². The minimum absolute atomic E-state index is 0.240. The number of thiophene rings is 1. The SMILES string of the molecule is Cc1nc(-c2cccc(NC(=O)NCc3cccs3)c2)oc1C. The van der Waals surface area contributed by atoms with E-state index in [-0.39, 0.29) is 6.03 Å². The van der Waals surface area contributed by atoms with Gasteiger partial charge in [0.05, 0.1) is 12.2 Å². The largest absolute Gasteiger partial charge is 0.441 e. The van der Waals surface area contributed by atoms with E-state index in [4.69, 9.17) is 4.42 Å². The van der Waals surface area contributed by atoms with Crippen molar-refractivity contribution in [3.63, 3.8) is 0 Å². The van der Waals surface area contributed by atoms with Crippen molar-refractivity contribution in [1.29, 1.82) is 0 Å². The van der Waals surface area contributed by atoms with E-state index in [2.05, 4.69) is 15.6 Å². The van der Waals surface area contributed by atoms with Crippen molar-refractivity contribution in [2.24, 2.45) is 0 Å². The molecule has 23 heavy (non-hydrogen) atoms. The number of aryl methyl sites for hydroxylation is 2. The Hall–Kier alpha value is -2.60. The van der Waals surface area contributed by atoms with E-state index >= 15 is 0 Å². The number of nitrogens with one attached hydrogen (secondary N) is 2. The molecule has 0 radical (unpaired) electrons. The molecular formula is C17H17N3O2S. The third-order valence-electron chi connectivity index (χ3n) is 3.40. The summed E-state index contributed by atoms with van der Waals surface area (Å²) < 4.78 is 5.62. The van der Waals surface area contributed by atoms with Crippen molar-refractivity contribution in [2.75, 3.05) is 5.32 Å². The molecule has 0 aliphatic rings. The highest BCUT2D eigenvalue weighted by atomic mass is 32.1. The maximum atomic E-state index is 12.0. The van der Waals surface area contributed by atoms with Gasteiger partial charge in [0.2, 0.25) is 5.89 Å². The zero-order valence-corrected chi connectivity index (χ0v) is 13.7. The number of anilines is 1. The van der Waals surface area contributed by atoms with E-state index in [1.54, 1.807) is 11.3 Å². The molecule has 0 aliphatic carbocycles. The molecule has 3 rings (SSSR count). The van der Waals surface area contributed by atoms with Crippen LogP contribution in [0.3, 0.4) is 0 Å². The van der Waals surface area contributed by atoms with Crippen molar-refractivity contribution in [3.8, 4) is 11.5 Å². The molecule has 0 saturated carbocycles. The summed E-state index contributed by atoms with van der Waals surface area (Å²) in [5, 5.41) is 7.63. The Kier molecular flexibility index (Phi) is 4.43. The van der Waals surface area contributed by atoms with Crippen LogP contribution in [0.4, 0.5) is 10.5 Å². The van der Waals surface area contributed by atoms with E-state index in [9.17, 15) is 4.79 Å². The van der Waals surface area contributed by atoms with Gasteiger partial charge in [-0.15, -0.1) is 11.3 Å². The average molecular weight is 327 g/mol. The fourth-order valence-electron chi connectivity index (χ4n) is 2.08. The van der Waals surface area contributed by atoms with E-state index in [0.29, 0.717) is 18.1 Å². The van der Waals surface area contributed by atoms with Crippen LogP contribution in [0, 0.1) is 13.8 Å². The van der Waals surface area contributed by atoms with Gasteiger partial charge in [0.25, 0.3) is 0 Å². The van der Waals surface area contributed by atoms with Crippen molar-refractivity contribution in [2.45, 2.75) is 20.4 Å². The summed E-state index contributed by atoms with van der Waals surface area (Å²) in [7, 11) is 0. The van der Waals surface area contributed by atoms with Crippen LogP contribution in [0.1, 0.15) is 16.3 Å². The first-order valence-corrected chi connectivity index (χ1v) is 8.11. The molecule has 2 N–H and O–H groups in total. The Morgan fingerprint density at radius 1 is 1.26 bits per heavy atom. The Bertz CT molecular complexity index is 790. The van der Waals surface area contributed by atoms with Crippen LogP contribution in [0.5, 0.6) is 0 Å². The number of nitrogens with zero attached hydrogens (tertiary/aromatic N) is 1. The Morgan fingerprint density at radius 2 is 2.13 bits per heavy atom. The van der Waals surface area contributed by atoms with Crippen LogP contribution in [0.15, 0.2) is 46.2 Å². The molecule has 1 aromatic carbocycles. The Labute approximate surface area is 138 Å². The molecule has 0 fully saturated rings. The second kappa shape index (κ2) is 6.66. The van der Waals surface area contributed by atoms with Crippen LogP contribution in [-0.2, 0) is 6.54 Å². The molecule has 0 saturated heterocycles. The second-order valence-corrected chi connectivity index (χ2v) is 6.16. The lowest BCUT2D eigenvalue weighted by Gasteiger charge is -2.07. The highest BCUT2D eigenvalue weighted by Gasteiger charge is 2.09. The molecule has 0 spiro atoms. The molecule has 2 amide bonds. The fourth-order valence-corrected chi connectivity index (χ4v) is 2.73. The lowest BCUT2D eigenvalue weighted by Crippen LogP contribution is -2.27. The summed E-state index contributed by atoms with van der Waals surface area (Å²) in [6.45, 7) is 4.30. The third kappa shape index (κ3) is 3.78. The molecule has 6 heteroatoms. The van der Waals surface area contributed by atoms with Crippen molar-refractivity contribution < 1.29 is 9.21 Å². The number of aromatic nitrogens is 1. The second-order valence-electron chi connectivity index (χ2n) is 5.13. The van der Waals surface area contributed by atoms with Gasteiger partial charge in [-0.25, -0.2) is 9.78 Å². The monoisotopic (exact) mass is 327 g/mol. The van der Waals surface area contributed by atoms with Gasteiger partial charge in [0.1, 0.15) is 5.76 Å². The van der Waals surface area contributed by atoms with Gasteiger partial charge in [-0.2, -0.15) is 0 Å². The summed E-state index contributed by atoms with van der Waals surface area (Å²) in [6, 6.07) is 11.1. The molecule has 0 aliphatic heterocycles. The minimum Gasteiger partial charge on any atom is -0.441 e. The first kappa shape index (κ1) is 15.3. The molecule has 2 heterocycles. The van der Waals surface area contributed by atoms with Gasteiger partial charge in [-0.05, 0) is 43.5 Å². The van der Waals surface area contributed by atoms with Crippen LogP contribution in [-0.4, -0.2) is 11.0 Å². The lowest BCUT2D eigenvalue weighted by molar-refractivity contribution is 0.252. The summed E-state index contributed by atoms with van der Waals surface area (Å²) in [5.74, 6) is 1.36. The average Bonchev–Trinajstić information content (AvgIpc) is 3.16. The Morgan fingerprint density at radius 3 is 2.83 bits per heavy atom. The molecular weight excluding hydrogens is 310 g/mol. The number of hydrogen-bond acceptors (Lipinski definition) is 4. The first-order valence-electron chi connectivity index (χ1n) is 7.23. The van der Waals surface area contributed by atoms with Crippen LogP contribution in [0.2, 0.25) is 0 Å². The topological polar surface area (TPSA) is 67.2 Å². The number of oxazole rings is 1. The first-order chi connectivity index (χ1) is 11.1. The van der Waals surface area contributed by atoms with Crippen molar-refractivity contribution >= 4 is 23.1 Å². The summed E-state index contributed by atoms with van der Waals surface area (Å²) in [6.07, 6.45) is 0. The lowest BCUT2D eigenvalue weighted by atomic mass is 10.2. The third-order valence-corrected chi connectivity index (χ3v) is 4.28. The minimum atomic E-state index is -0.240. The molecule has 118 valence electrons. The van der Waals surface area contributed by atoms with E-state index in [1.807, 2.05) is 55.6 Å². The standard InChI is InChI=1S/C17H17N3O2S/c1-11-12(2)22-16(19-11)13-5-3-6-14(9-13)20-17(21)18-10-15-7-4-8-23-15/h3-9H,10H2,1-2H3,(H2,18,20,21). The molecule has 2 aromatic heterocycles. The fraction of sp³-hybridized carbons (Fsp3) is 0.176. The quantitative estimate of drug-likeness (QED) is 0.749. The maximum absolute atomic E-state index is 12.0. The molecule has 3 aromatic rings. The number of urea groups is 1. The maximum Gasteiger partial charge on any atom is 0.319 e. The van der Waals surface area contributed by atoms with Gasteiger partial charge < -0.3 is 15.1 Å². The normalized spacial score (nSPS) is 10.5. The van der Waals surface area contributed by atoms with E-state index < -0.39 is 0 Å². The number of benzene rings is 1. The van der Waals surface area contributed by atoms with Crippen LogP contribution < -0.4 is 10.6 Å². The predicted molar refractivity (Wildman–Crippen MR) is 91.6 cm³/mol. The van der Waals surface area contributed by atoms with E-state index in [0.717, 1.165) is 21.9 Å². The smallest absolute Gasteiger partial charge is 0.319 e. The number of hydrogen-bond donors (Lipinski definition) is 2. The number of rotatable bonds is 4. The molecule has 0 atom stereocenters. The number of amides is 2. The highest BCUT2D eigenvalue weighted by Crippen LogP contribution is 2.24. The van der Waals surface area contributed by atoms with Crippen molar-refractivity contribution in [3.05, 3.63) is 58.1 Å². The number of carbonyl (C=O) groups excluding carboxylic acids is 1. The zero-order valence-electron chi connectivity index (χ0n) is 12.9. The van der Waals surface area contributed by atoms with E-state index in [1.165, 1.54) is 0 Å². The number of carbonyl (C=O) groups is 1. The van der Waals surface area contributed by atoms with Crippen LogP contribution >= 0.6 is 11.3 Å². The van der Waals surface area contributed by atoms with Gasteiger partial charge >= 0.3 is 6.03 Å². The predicted octanol–water partition coefficient (Wildman–Crippen LogP) is 4.34. The summed E-state index contributed by atoms with van der Waals surface area (Å²) in [5.41, 5.74) is 2.39. The Balaban J connectivity index is 1.66. The molecule has 0 bridgehead atoms.